The van der Waals surface area contributed by atoms with E-state index in [1.165, 1.54) is 0 Å². The van der Waals surface area contributed by atoms with Gasteiger partial charge in [-0.05, 0) is 36.8 Å². The van der Waals surface area contributed by atoms with Crippen LogP contribution in [0.2, 0.25) is 5.02 Å². The van der Waals surface area contributed by atoms with Crippen LogP contribution in [0.4, 0.5) is 5.69 Å². The monoisotopic (exact) mass is 274 g/mol. The summed E-state index contributed by atoms with van der Waals surface area (Å²) >= 11 is 6.10. The van der Waals surface area contributed by atoms with Gasteiger partial charge in [0.05, 0.1) is 6.04 Å². The molecule has 2 rings (SSSR count). The topological polar surface area (TPSA) is 55.1 Å². The van der Waals surface area contributed by atoms with Gasteiger partial charge in [0.25, 0.3) is 5.91 Å². The smallest absolute Gasteiger partial charge is 0.251 e. The van der Waals surface area contributed by atoms with Gasteiger partial charge in [0.2, 0.25) is 0 Å². The summed E-state index contributed by atoms with van der Waals surface area (Å²) in [7, 11) is 0. The average Bonchev–Trinajstić information content (AvgIpc) is 2.39. The summed E-state index contributed by atoms with van der Waals surface area (Å²) < 4.78 is 0. The second-order valence-electron chi connectivity index (χ2n) is 4.34. The van der Waals surface area contributed by atoms with Crippen LogP contribution < -0.4 is 11.1 Å². The van der Waals surface area contributed by atoms with E-state index in [1.54, 1.807) is 30.3 Å². The van der Waals surface area contributed by atoms with Crippen molar-refractivity contribution >= 4 is 23.2 Å². The lowest BCUT2D eigenvalue weighted by Crippen LogP contribution is -2.26. The van der Waals surface area contributed by atoms with Crippen LogP contribution >= 0.6 is 11.6 Å². The molecule has 2 aromatic carbocycles. The van der Waals surface area contributed by atoms with Gasteiger partial charge in [-0.2, -0.15) is 0 Å². The van der Waals surface area contributed by atoms with E-state index >= 15 is 0 Å². The maximum atomic E-state index is 12.1. The molecule has 1 amide bonds. The lowest BCUT2D eigenvalue weighted by Gasteiger charge is -2.15. The van der Waals surface area contributed by atoms with Gasteiger partial charge >= 0.3 is 0 Å². The number of anilines is 1. The number of hydrogen-bond donors (Lipinski definition) is 2. The molecule has 0 radical (unpaired) electrons. The van der Waals surface area contributed by atoms with E-state index in [9.17, 15) is 4.79 Å². The Balaban J connectivity index is 2.13. The molecule has 0 aliphatic carbocycles. The summed E-state index contributed by atoms with van der Waals surface area (Å²) in [5, 5.41) is 3.54. The highest BCUT2D eigenvalue weighted by molar-refractivity contribution is 6.31. The molecule has 0 heterocycles. The normalized spacial score (nSPS) is 11.9. The van der Waals surface area contributed by atoms with E-state index in [4.69, 9.17) is 17.3 Å². The molecule has 2 aromatic rings. The molecule has 0 aliphatic rings. The lowest BCUT2D eigenvalue weighted by molar-refractivity contribution is 0.0940. The highest BCUT2D eigenvalue weighted by Gasteiger charge is 2.13. The fourth-order valence-electron chi connectivity index (χ4n) is 1.86. The number of carbonyl (C=O) groups excluding carboxylic acids is 1. The fourth-order valence-corrected chi connectivity index (χ4v) is 2.16. The largest absolute Gasteiger partial charge is 0.399 e. The third kappa shape index (κ3) is 3.26. The van der Waals surface area contributed by atoms with Crippen molar-refractivity contribution in [1.82, 2.24) is 5.32 Å². The number of nitrogens with one attached hydrogen (secondary N) is 1. The fraction of sp³-hybridized carbons (Fsp3) is 0.133. The number of benzene rings is 2. The van der Waals surface area contributed by atoms with Gasteiger partial charge in [-0.1, -0.05) is 35.9 Å². The summed E-state index contributed by atoms with van der Waals surface area (Å²) in [6, 6.07) is 14.2. The summed E-state index contributed by atoms with van der Waals surface area (Å²) in [6.45, 7) is 1.89. The van der Waals surface area contributed by atoms with Gasteiger partial charge in [-0.15, -0.1) is 0 Å². The number of nitrogen functional groups attached to an aromatic ring is 1. The molecule has 0 aromatic heterocycles. The maximum Gasteiger partial charge on any atom is 0.251 e. The van der Waals surface area contributed by atoms with Crippen molar-refractivity contribution < 1.29 is 4.79 Å². The van der Waals surface area contributed by atoms with Crippen LogP contribution in [0, 0.1) is 0 Å². The molecular weight excluding hydrogens is 260 g/mol. The summed E-state index contributed by atoms with van der Waals surface area (Å²) in [4.78, 5) is 12.1. The van der Waals surface area contributed by atoms with Gasteiger partial charge in [0.15, 0.2) is 0 Å². The number of carbonyl (C=O) groups is 1. The van der Waals surface area contributed by atoms with Crippen molar-refractivity contribution in [3.05, 3.63) is 64.7 Å². The Hall–Kier alpha value is -2.00. The molecule has 0 bridgehead atoms. The Bertz CT molecular complexity index is 598. The van der Waals surface area contributed by atoms with Crippen LogP contribution in [-0.4, -0.2) is 5.91 Å². The first-order chi connectivity index (χ1) is 9.08. The third-order valence-corrected chi connectivity index (χ3v) is 3.21. The lowest BCUT2D eigenvalue weighted by atomic mass is 10.1. The minimum atomic E-state index is -0.167. The molecule has 0 aliphatic heterocycles. The van der Waals surface area contributed by atoms with Crippen molar-refractivity contribution in [2.24, 2.45) is 0 Å². The average molecular weight is 275 g/mol. The van der Waals surface area contributed by atoms with Crippen molar-refractivity contribution in [2.45, 2.75) is 13.0 Å². The number of hydrogen-bond acceptors (Lipinski definition) is 2. The van der Waals surface area contributed by atoms with Crippen LogP contribution in [0.15, 0.2) is 48.5 Å². The van der Waals surface area contributed by atoms with E-state index < -0.39 is 0 Å². The summed E-state index contributed by atoms with van der Waals surface area (Å²) in [5.74, 6) is -0.167. The number of rotatable bonds is 3. The van der Waals surface area contributed by atoms with E-state index in [1.807, 2.05) is 25.1 Å². The second-order valence-corrected chi connectivity index (χ2v) is 4.75. The van der Waals surface area contributed by atoms with Crippen molar-refractivity contribution in [1.29, 1.82) is 0 Å². The zero-order chi connectivity index (χ0) is 13.8. The number of halogens is 1. The van der Waals surface area contributed by atoms with E-state index in [-0.39, 0.29) is 11.9 Å². The summed E-state index contributed by atoms with van der Waals surface area (Å²) in [6.07, 6.45) is 0. The molecule has 0 spiro atoms. The zero-order valence-corrected chi connectivity index (χ0v) is 11.3. The molecule has 1 atom stereocenters. The van der Waals surface area contributed by atoms with Crippen LogP contribution in [0.1, 0.15) is 28.9 Å². The Labute approximate surface area is 117 Å². The van der Waals surface area contributed by atoms with Gasteiger partial charge in [-0.3, -0.25) is 4.79 Å². The summed E-state index contributed by atoms with van der Waals surface area (Å²) in [5.41, 5.74) is 7.66. The first-order valence-corrected chi connectivity index (χ1v) is 6.36. The first kappa shape index (κ1) is 13.4. The highest BCUT2D eigenvalue weighted by Crippen LogP contribution is 2.22. The molecule has 0 saturated heterocycles. The zero-order valence-electron chi connectivity index (χ0n) is 10.6. The first-order valence-electron chi connectivity index (χ1n) is 5.99. The number of nitrogens with two attached hydrogens (primary N) is 1. The van der Waals surface area contributed by atoms with Gasteiger partial charge in [-0.25, -0.2) is 0 Å². The third-order valence-electron chi connectivity index (χ3n) is 2.87. The molecule has 3 N–H and O–H groups in total. The molecule has 0 unspecified atom stereocenters. The Morgan fingerprint density at radius 3 is 2.63 bits per heavy atom. The molecule has 19 heavy (non-hydrogen) atoms. The molecular formula is C15H15ClN2O. The highest BCUT2D eigenvalue weighted by atomic mass is 35.5. The standard InChI is InChI=1S/C15H15ClN2O/c1-10(13-7-2-3-8-14(13)16)18-15(19)11-5-4-6-12(17)9-11/h2-10H,17H2,1H3,(H,18,19)/t10-/m1/s1. The van der Waals surface area contributed by atoms with Crippen molar-refractivity contribution in [3.8, 4) is 0 Å². The SMILES string of the molecule is C[C@@H](NC(=O)c1cccc(N)c1)c1ccccc1Cl. The van der Waals surface area contributed by atoms with Gasteiger partial charge in [0, 0.05) is 16.3 Å². The van der Waals surface area contributed by atoms with Gasteiger partial charge in [0.1, 0.15) is 0 Å². The minimum Gasteiger partial charge on any atom is -0.399 e. The van der Waals surface area contributed by atoms with E-state index in [0.29, 0.717) is 16.3 Å². The van der Waals surface area contributed by atoms with Crippen LogP contribution in [0.3, 0.4) is 0 Å². The molecule has 3 nitrogen and oxygen atoms in total. The number of amides is 1. The predicted molar refractivity (Wildman–Crippen MR) is 78.2 cm³/mol. The quantitative estimate of drug-likeness (QED) is 0.843. The second kappa shape index (κ2) is 5.76. The Morgan fingerprint density at radius 1 is 1.21 bits per heavy atom. The van der Waals surface area contributed by atoms with Crippen LogP contribution in [0.25, 0.3) is 0 Å². The van der Waals surface area contributed by atoms with Gasteiger partial charge < -0.3 is 11.1 Å². The molecule has 98 valence electrons. The van der Waals surface area contributed by atoms with Crippen LogP contribution in [-0.2, 0) is 0 Å². The Kier molecular flexibility index (Phi) is 4.07. The van der Waals surface area contributed by atoms with E-state index in [0.717, 1.165) is 5.56 Å². The van der Waals surface area contributed by atoms with Crippen molar-refractivity contribution in [2.75, 3.05) is 5.73 Å². The van der Waals surface area contributed by atoms with Crippen LogP contribution in [0.5, 0.6) is 0 Å². The molecule has 4 heteroatoms. The van der Waals surface area contributed by atoms with Crippen molar-refractivity contribution in [3.63, 3.8) is 0 Å². The predicted octanol–water partition coefficient (Wildman–Crippen LogP) is 3.41. The molecule has 0 fully saturated rings. The Morgan fingerprint density at radius 2 is 1.95 bits per heavy atom. The minimum absolute atomic E-state index is 0.164. The van der Waals surface area contributed by atoms with E-state index in [2.05, 4.69) is 5.32 Å². The maximum absolute atomic E-state index is 12.1. The molecule has 0 saturated carbocycles.